The standard InChI is InChI=1S/C12H13N3OS/c1-9-14-10(8-17-9)5-6-12(16)15-11-4-2-3-7-13-11/h2-4,7-8H,5-6H2,1H3,(H,13,15,16). The van der Waals surface area contributed by atoms with Gasteiger partial charge in [-0.05, 0) is 25.5 Å². The average Bonchev–Trinajstić information content (AvgIpc) is 2.74. The Morgan fingerprint density at radius 2 is 2.35 bits per heavy atom. The highest BCUT2D eigenvalue weighted by Gasteiger charge is 2.05. The van der Waals surface area contributed by atoms with E-state index in [0.29, 0.717) is 18.7 Å². The van der Waals surface area contributed by atoms with Gasteiger partial charge in [0.25, 0.3) is 0 Å². The fourth-order valence-corrected chi connectivity index (χ4v) is 2.05. The van der Waals surface area contributed by atoms with Crippen molar-refractivity contribution in [2.24, 2.45) is 0 Å². The fourth-order valence-electron chi connectivity index (χ4n) is 1.41. The van der Waals surface area contributed by atoms with Gasteiger partial charge in [-0.1, -0.05) is 6.07 Å². The number of anilines is 1. The number of hydrogen-bond donors (Lipinski definition) is 1. The Balaban J connectivity index is 1.82. The van der Waals surface area contributed by atoms with Crippen LogP contribution in [0, 0.1) is 6.92 Å². The quantitative estimate of drug-likeness (QED) is 0.902. The maximum atomic E-state index is 11.6. The van der Waals surface area contributed by atoms with Crippen molar-refractivity contribution in [3.63, 3.8) is 0 Å². The second-order valence-corrected chi connectivity index (χ2v) is 4.68. The van der Waals surface area contributed by atoms with Crippen LogP contribution < -0.4 is 5.32 Å². The number of nitrogens with one attached hydrogen (secondary N) is 1. The maximum absolute atomic E-state index is 11.6. The van der Waals surface area contributed by atoms with Gasteiger partial charge in [-0.15, -0.1) is 11.3 Å². The van der Waals surface area contributed by atoms with E-state index in [1.54, 1.807) is 23.6 Å². The van der Waals surface area contributed by atoms with Crippen molar-refractivity contribution in [3.8, 4) is 0 Å². The summed E-state index contributed by atoms with van der Waals surface area (Å²) in [6.07, 6.45) is 2.75. The summed E-state index contributed by atoms with van der Waals surface area (Å²) in [5, 5.41) is 5.77. The monoisotopic (exact) mass is 247 g/mol. The van der Waals surface area contributed by atoms with E-state index in [4.69, 9.17) is 0 Å². The number of hydrogen-bond acceptors (Lipinski definition) is 4. The largest absolute Gasteiger partial charge is 0.311 e. The number of pyridine rings is 1. The summed E-state index contributed by atoms with van der Waals surface area (Å²) in [5.74, 6) is 0.557. The van der Waals surface area contributed by atoms with Crippen molar-refractivity contribution in [1.82, 2.24) is 9.97 Å². The molecule has 5 heteroatoms. The molecule has 0 fully saturated rings. The van der Waals surface area contributed by atoms with Gasteiger partial charge in [0.15, 0.2) is 0 Å². The lowest BCUT2D eigenvalue weighted by Crippen LogP contribution is -2.13. The third kappa shape index (κ3) is 3.64. The summed E-state index contributed by atoms with van der Waals surface area (Å²) in [6.45, 7) is 1.96. The van der Waals surface area contributed by atoms with Crippen LogP contribution in [0.15, 0.2) is 29.8 Å². The molecule has 2 heterocycles. The first-order valence-electron chi connectivity index (χ1n) is 5.36. The first-order chi connectivity index (χ1) is 8.24. The molecular weight excluding hydrogens is 234 g/mol. The molecule has 2 rings (SSSR count). The number of aryl methyl sites for hydroxylation is 2. The van der Waals surface area contributed by atoms with Gasteiger partial charge in [0.05, 0.1) is 10.7 Å². The van der Waals surface area contributed by atoms with Gasteiger partial charge >= 0.3 is 0 Å². The molecule has 0 radical (unpaired) electrons. The molecule has 0 aliphatic heterocycles. The summed E-state index contributed by atoms with van der Waals surface area (Å²) < 4.78 is 0. The summed E-state index contributed by atoms with van der Waals surface area (Å²) >= 11 is 1.60. The van der Waals surface area contributed by atoms with E-state index >= 15 is 0 Å². The van der Waals surface area contributed by atoms with Crippen molar-refractivity contribution in [3.05, 3.63) is 40.5 Å². The molecule has 0 bridgehead atoms. The van der Waals surface area contributed by atoms with Gasteiger partial charge in [0, 0.05) is 18.0 Å². The predicted molar refractivity (Wildman–Crippen MR) is 68.0 cm³/mol. The third-order valence-corrected chi connectivity index (χ3v) is 3.03. The smallest absolute Gasteiger partial charge is 0.225 e. The van der Waals surface area contributed by atoms with Crippen molar-refractivity contribution < 1.29 is 4.79 Å². The van der Waals surface area contributed by atoms with Crippen molar-refractivity contribution >= 4 is 23.1 Å². The van der Waals surface area contributed by atoms with Crippen LogP contribution in [-0.2, 0) is 11.2 Å². The molecule has 1 amide bonds. The van der Waals surface area contributed by atoms with E-state index in [-0.39, 0.29) is 5.91 Å². The van der Waals surface area contributed by atoms with E-state index in [1.807, 2.05) is 24.4 Å². The van der Waals surface area contributed by atoms with Gasteiger partial charge in [-0.2, -0.15) is 0 Å². The molecule has 4 nitrogen and oxygen atoms in total. The molecule has 0 aliphatic carbocycles. The van der Waals surface area contributed by atoms with E-state index in [9.17, 15) is 4.79 Å². The number of rotatable bonds is 4. The highest BCUT2D eigenvalue weighted by molar-refractivity contribution is 7.09. The van der Waals surface area contributed by atoms with Crippen molar-refractivity contribution in [2.45, 2.75) is 19.8 Å². The normalized spacial score (nSPS) is 10.2. The minimum Gasteiger partial charge on any atom is -0.311 e. The minimum atomic E-state index is -0.0330. The van der Waals surface area contributed by atoms with Crippen molar-refractivity contribution in [1.29, 1.82) is 0 Å². The zero-order valence-corrected chi connectivity index (χ0v) is 10.3. The zero-order chi connectivity index (χ0) is 12.1. The number of amides is 1. The highest BCUT2D eigenvalue weighted by atomic mass is 32.1. The van der Waals surface area contributed by atoms with Gasteiger partial charge in [-0.25, -0.2) is 9.97 Å². The van der Waals surface area contributed by atoms with Crippen molar-refractivity contribution in [2.75, 3.05) is 5.32 Å². The first kappa shape index (κ1) is 11.7. The molecule has 0 saturated carbocycles. The Morgan fingerprint density at radius 3 is 3.00 bits per heavy atom. The van der Waals surface area contributed by atoms with E-state index in [2.05, 4.69) is 15.3 Å². The second-order valence-electron chi connectivity index (χ2n) is 3.62. The molecule has 0 aromatic carbocycles. The predicted octanol–water partition coefficient (Wildman–Crippen LogP) is 2.42. The Morgan fingerprint density at radius 1 is 1.47 bits per heavy atom. The molecule has 0 saturated heterocycles. The summed E-state index contributed by atoms with van der Waals surface area (Å²) in [4.78, 5) is 20.0. The van der Waals surface area contributed by atoms with E-state index < -0.39 is 0 Å². The van der Waals surface area contributed by atoms with Crippen LogP contribution >= 0.6 is 11.3 Å². The zero-order valence-electron chi connectivity index (χ0n) is 9.51. The lowest BCUT2D eigenvalue weighted by Gasteiger charge is -2.02. The summed E-state index contributed by atoms with van der Waals surface area (Å²) in [5.41, 5.74) is 0.976. The molecular formula is C12H13N3OS. The molecule has 1 N–H and O–H groups in total. The molecule has 88 valence electrons. The number of thiazole rings is 1. The fraction of sp³-hybridized carbons (Fsp3) is 0.250. The molecule has 0 atom stereocenters. The van der Waals surface area contributed by atoms with Crippen LogP contribution in [0.25, 0.3) is 0 Å². The summed E-state index contributed by atoms with van der Waals surface area (Å²) in [7, 11) is 0. The number of carbonyl (C=O) groups is 1. The second kappa shape index (κ2) is 5.54. The Hall–Kier alpha value is -1.75. The van der Waals surface area contributed by atoms with E-state index in [0.717, 1.165) is 10.7 Å². The molecule has 2 aromatic rings. The Bertz CT molecular complexity index is 495. The number of carbonyl (C=O) groups excluding carboxylic acids is 1. The van der Waals surface area contributed by atoms with Gasteiger partial charge < -0.3 is 5.32 Å². The van der Waals surface area contributed by atoms with Gasteiger partial charge in [-0.3, -0.25) is 4.79 Å². The molecule has 0 spiro atoms. The SMILES string of the molecule is Cc1nc(CCC(=O)Nc2ccccn2)cs1. The summed E-state index contributed by atoms with van der Waals surface area (Å²) in [6, 6.07) is 5.42. The first-order valence-corrected chi connectivity index (χ1v) is 6.24. The average molecular weight is 247 g/mol. The Kier molecular flexibility index (Phi) is 3.82. The van der Waals surface area contributed by atoms with Crippen LogP contribution in [0.1, 0.15) is 17.1 Å². The van der Waals surface area contributed by atoms with Gasteiger partial charge in [0.1, 0.15) is 5.82 Å². The number of nitrogens with zero attached hydrogens (tertiary/aromatic N) is 2. The molecule has 2 aromatic heterocycles. The number of aromatic nitrogens is 2. The van der Waals surface area contributed by atoms with Crippen LogP contribution in [0.4, 0.5) is 5.82 Å². The Labute approximate surface area is 104 Å². The topological polar surface area (TPSA) is 54.9 Å². The molecule has 0 aliphatic rings. The lowest BCUT2D eigenvalue weighted by molar-refractivity contribution is -0.116. The van der Waals surface area contributed by atoms with Crippen LogP contribution in [0.3, 0.4) is 0 Å². The maximum Gasteiger partial charge on any atom is 0.225 e. The van der Waals surface area contributed by atoms with Crippen LogP contribution in [0.2, 0.25) is 0 Å². The molecule has 17 heavy (non-hydrogen) atoms. The van der Waals surface area contributed by atoms with Crippen LogP contribution in [0.5, 0.6) is 0 Å². The van der Waals surface area contributed by atoms with Crippen LogP contribution in [-0.4, -0.2) is 15.9 Å². The highest BCUT2D eigenvalue weighted by Crippen LogP contribution is 2.10. The third-order valence-electron chi connectivity index (χ3n) is 2.21. The van der Waals surface area contributed by atoms with E-state index in [1.165, 1.54) is 0 Å². The minimum absolute atomic E-state index is 0.0330. The molecule has 0 unspecified atom stereocenters. The van der Waals surface area contributed by atoms with Gasteiger partial charge in [0.2, 0.25) is 5.91 Å². The lowest BCUT2D eigenvalue weighted by atomic mass is 10.2.